The second-order valence-corrected chi connectivity index (χ2v) is 3.13. The van der Waals surface area contributed by atoms with Crippen LogP contribution in [0.4, 0.5) is 0 Å². The molecule has 1 aliphatic rings. The van der Waals surface area contributed by atoms with E-state index in [4.69, 9.17) is 11.6 Å². The predicted molar refractivity (Wildman–Crippen MR) is 42.3 cm³/mol. The molecule has 1 saturated carbocycles. The van der Waals surface area contributed by atoms with Crippen LogP contribution in [0.3, 0.4) is 0 Å². The summed E-state index contributed by atoms with van der Waals surface area (Å²) in [5.41, 5.74) is 1.31. The zero-order valence-electron chi connectivity index (χ0n) is 5.60. The molecule has 2 rings (SSSR count). The van der Waals surface area contributed by atoms with Gasteiger partial charge in [-0.1, -0.05) is 23.7 Å². The van der Waals surface area contributed by atoms with Gasteiger partial charge >= 0.3 is 0 Å². The summed E-state index contributed by atoms with van der Waals surface area (Å²) in [6.45, 7) is 0. The summed E-state index contributed by atoms with van der Waals surface area (Å²) in [5, 5.41) is 0.880. The van der Waals surface area contributed by atoms with E-state index in [1.54, 1.807) is 0 Å². The maximum atomic E-state index is 5.93. The van der Waals surface area contributed by atoms with Crippen molar-refractivity contribution in [2.75, 3.05) is 0 Å². The van der Waals surface area contributed by atoms with Crippen LogP contribution in [0.5, 0.6) is 0 Å². The average molecular weight is 152 g/mol. The first-order valence-electron chi connectivity index (χ1n) is 3.53. The summed E-state index contributed by atoms with van der Waals surface area (Å²) in [4.78, 5) is 0. The number of hydrogen-bond acceptors (Lipinski definition) is 0. The Balaban J connectivity index is 2.39. The van der Waals surface area contributed by atoms with Crippen molar-refractivity contribution in [1.29, 1.82) is 0 Å². The summed E-state index contributed by atoms with van der Waals surface area (Å²) in [6, 6.07) is 8.79. The molecule has 0 heterocycles. The Bertz CT molecular complexity index is 238. The van der Waals surface area contributed by atoms with Gasteiger partial charge in [0, 0.05) is 5.02 Å². The third kappa shape index (κ3) is 1.04. The average Bonchev–Trinajstić information content (AvgIpc) is 2.71. The lowest BCUT2D eigenvalue weighted by Gasteiger charge is -1.98. The number of hydrogen-bond donors (Lipinski definition) is 0. The molecule has 0 unspecified atom stereocenters. The predicted octanol–water partition coefficient (Wildman–Crippen LogP) is 3.02. The van der Waals surface area contributed by atoms with E-state index >= 15 is 0 Å². The molecule has 0 spiro atoms. The minimum Gasteiger partial charge on any atom is -0.0840 e. The van der Waals surface area contributed by atoms with Crippen molar-refractivity contribution in [2.24, 2.45) is 0 Å². The minimum atomic E-state index is 0.752. The van der Waals surface area contributed by atoms with Crippen molar-refractivity contribution in [2.45, 2.75) is 18.8 Å². The van der Waals surface area contributed by atoms with Gasteiger partial charge in [0.05, 0.1) is 0 Å². The summed E-state index contributed by atoms with van der Waals surface area (Å²) < 4.78 is 0. The highest BCUT2D eigenvalue weighted by Crippen LogP contribution is 2.42. The van der Waals surface area contributed by atoms with Crippen molar-refractivity contribution in [3.8, 4) is 0 Å². The molecular weight excluding hydrogens is 144 g/mol. The number of halogens is 1. The molecule has 1 aromatic rings. The summed E-state index contributed by atoms with van der Waals surface area (Å²) >= 11 is 5.93. The molecule has 1 heteroatoms. The van der Waals surface area contributed by atoms with Gasteiger partial charge in [0.25, 0.3) is 0 Å². The fourth-order valence-corrected chi connectivity index (χ4v) is 1.43. The molecule has 1 aromatic carbocycles. The molecule has 0 atom stereocenters. The topological polar surface area (TPSA) is 0 Å². The van der Waals surface area contributed by atoms with Crippen LogP contribution in [0, 0.1) is 6.07 Å². The third-order valence-electron chi connectivity index (χ3n) is 1.86. The lowest BCUT2D eigenvalue weighted by Crippen LogP contribution is -1.78. The summed E-state index contributed by atoms with van der Waals surface area (Å²) in [5.74, 6) is 0.752. The Labute approximate surface area is 65.8 Å². The highest BCUT2D eigenvalue weighted by atomic mass is 35.5. The minimum absolute atomic E-state index is 0.752. The van der Waals surface area contributed by atoms with E-state index in [0.717, 1.165) is 10.9 Å². The van der Waals surface area contributed by atoms with E-state index in [0.29, 0.717) is 0 Å². The standard InChI is InChI=1S/C9H8Cl/c10-9-4-2-1-3-8(9)7-5-6-7/h1,3-4,7H,5-6H2. The summed E-state index contributed by atoms with van der Waals surface area (Å²) in [7, 11) is 0. The quantitative estimate of drug-likeness (QED) is 0.579. The van der Waals surface area contributed by atoms with Crippen LogP contribution in [-0.2, 0) is 0 Å². The van der Waals surface area contributed by atoms with Crippen LogP contribution >= 0.6 is 11.6 Å². The summed E-state index contributed by atoms with van der Waals surface area (Å²) in [6.07, 6.45) is 2.62. The molecule has 0 nitrogen and oxygen atoms in total. The van der Waals surface area contributed by atoms with Gasteiger partial charge in [0.1, 0.15) is 0 Å². The van der Waals surface area contributed by atoms with E-state index in [-0.39, 0.29) is 0 Å². The highest BCUT2D eigenvalue weighted by Gasteiger charge is 2.24. The van der Waals surface area contributed by atoms with Crippen LogP contribution < -0.4 is 0 Å². The highest BCUT2D eigenvalue weighted by molar-refractivity contribution is 6.31. The Morgan fingerprint density at radius 1 is 1.50 bits per heavy atom. The SMILES string of the molecule is Clc1c[c]ccc1C1CC1. The first-order valence-corrected chi connectivity index (χ1v) is 3.91. The second-order valence-electron chi connectivity index (χ2n) is 2.72. The van der Waals surface area contributed by atoms with Gasteiger partial charge in [-0.05, 0) is 36.5 Å². The lowest BCUT2D eigenvalue weighted by atomic mass is 10.1. The maximum Gasteiger partial charge on any atom is 0.0446 e. The van der Waals surface area contributed by atoms with Gasteiger partial charge in [-0.2, -0.15) is 0 Å². The van der Waals surface area contributed by atoms with Crippen LogP contribution in [0.1, 0.15) is 24.3 Å². The molecule has 1 radical (unpaired) electrons. The van der Waals surface area contributed by atoms with Gasteiger partial charge < -0.3 is 0 Å². The number of benzene rings is 1. The lowest BCUT2D eigenvalue weighted by molar-refractivity contribution is 1.13. The fraction of sp³-hybridized carbons (Fsp3) is 0.333. The van der Waals surface area contributed by atoms with Crippen LogP contribution in [0.2, 0.25) is 5.02 Å². The van der Waals surface area contributed by atoms with Crippen LogP contribution in [0.15, 0.2) is 18.2 Å². The molecule has 0 amide bonds. The Morgan fingerprint density at radius 2 is 2.30 bits per heavy atom. The molecule has 51 valence electrons. The van der Waals surface area contributed by atoms with Gasteiger partial charge in [0.2, 0.25) is 0 Å². The molecule has 0 aliphatic heterocycles. The van der Waals surface area contributed by atoms with Crippen LogP contribution in [-0.4, -0.2) is 0 Å². The van der Waals surface area contributed by atoms with E-state index in [1.165, 1.54) is 18.4 Å². The van der Waals surface area contributed by atoms with Gasteiger partial charge in [-0.3, -0.25) is 0 Å². The van der Waals surface area contributed by atoms with Crippen molar-refractivity contribution >= 4 is 11.6 Å². The molecule has 0 aromatic heterocycles. The van der Waals surface area contributed by atoms with Crippen molar-refractivity contribution in [3.63, 3.8) is 0 Å². The Kier molecular flexibility index (Phi) is 1.42. The van der Waals surface area contributed by atoms with Crippen molar-refractivity contribution in [1.82, 2.24) is 0 Å². The van der Waals surface area contributed by atoms with Gasteiger partial charge in [-0.25, -0.2) is 0 Å². The smallest absolute Gasteiger partial charge is 0.0446 e. The van der Waals surface area contributed by atoms with Crippen LogP contribution in [0.25, 0.3) is 0 Å². The molecular formula is C9H8Cl. The monoisotopic (exact) mass is 151 g/mol. The van der Waals surface area contributed by atoms with Gasteiger partial charge in [0.15, 0.2) is 0 Å². The molecule has 0 saturated heterocycles. The molecule has 1 aliphatic carbocycles. The number of rotatable bonds is 1. The van der Waals surface area contributed by atoms with Crippen molar-refractivity contribution < 1.29 is 0 Å². The largest absolute Gasteiger partial charge is 0.0840 e. The zero-order valence-corrected chi connectivity index (χ0v) is 6.36. The second kappa shape index (κ2) is 2.28. The van der Waals surface area contributed by atoms with E-state index < -0.39 is 0 Å². The molecule has 0 N–H and O–H groups in total. The normalized spacial score (nSPS) is 17.3. The molecule has 1 fully saturated rings. The fourth-order valence-electron chi connectivity index (χ4n) is 1.15. The Morgan fingerprint density at radius 3 is 2.90 bits per heavy atom. The first kappa shape index (κ1) is 6.23. The maximum absolute atomic E-state index is 5.93. The molecule has 0 bridgehead atoms. The zero-order chi connectivity index (χ0) is 6.97. The van der Waals surface area contributed by atoms with Crippen molar-refractivity contribution in [3.05, 3.63) is 34.9 Å². The van der Waals surface area contributed by atoms with E-state index in [2.05, 4.69) is 12.1 Å². The van der Waals surface area contributed by atoms with E-state index in [9.17, 15) is 0 Å². The Hall–Kier alpha value is -0.490. The van der Waals surface area contributed by atoms with E-state index in [1.807, 2.05) is 12.1 Å². The van der Waals surface area contributed by atoms with Gasteiger partial charge in [-0.15, -0.1) is 0 Å². The first-order chi connectivity index (χ1) is 4.88. The third-order valence-corrected chi connectivity index (χ3v) is 2.19. The molecule has 10 heavy (non-hydrogen) atoms.